The van der Waals surface area contributed by atoms with Gasteiger partial charge in [-0.15, -0.1) is 0 Å². The van der Waals surface area contributed by atoms with Crippen LogP contribution in [0.4, 0.5) is 0 Å². The van der Waals surface area contributed by atoms with Crippen molar-refractivity contribution in [3.05, 3.63) is 71.3 Å². The molecule has 2 fully saturated rings. The molecule has 188 valence electrons. The number of carbonyl (C=O) groups excluding carboxylic acids is 2. The summed E-state index contributed by atoms with van der Waals surface area (Å²) < 4.78 is 0. The van der Waals surface area contributed by atoms with Gasteiger partial charge in [0.1, 0.15) is 6.04 Å². The first kappa shape index (κ1) is 25.4. The quantitative estimate of drug-likeness (QED) is 0.612. The lowest BCUT2D eigenvalue weighted by molar-refractivity contribution is -0.137. The van der Waals surface area contributed by atoms with E-state index in [2.05, 4.69) is 65.7 Å². The Morgan fingerprint density at radius 1 is 1.03 bits per heavy atom. The maximum absolute atomic E-state index is 13.3. The average Bonchev–Trinajstić information content (AvgIpc) is 3.31. The van der Waals surface area contributed by atoms with Crippen LogP contribution in [0.25, 0.3) is 0 Å². The molecule has 1 saturated heterocycles. The van der Waals surface area contributed by atoms with Gasteiger partial charge in [0.05, 0.1) is 0 Å². The largest absolute Gasteiger partial charge is 0.352 e. The number of benzene rings is 2. The Kier molecular flexibility index (Phi) is 8.58. The molecule has 2 aliphatic rings. The average molecular weight is 477 g/mol. The van der Waals surface area contributed by atoms with E-state index in [0.29, 0.717) is 13.0 Å². The molecule has 35 heavy (non-hydrogen) atoms. The number of nitrogens with one attached hydrogen (secondary N) is 1. The summed E-state index contributed by atoms with van der Waals surface area (Å²) in [6.45, 7) is 6.00. The molecule has 6 heteroatoms. The molecule has 2 aromatic carbocycles. The first-order valence-electron chi connectivity index (χ1n) is 13.1. The van der Waals surface area contributed by atoms with Crippen molar-refractivity contribution in [1.29, 1.82) is 0 Å². The Bertz CT molecular complexity index is 987. The summed E-state index contributed by atoms with van der Waals surface area (Å²) in [5.74, 6) is -0.0423. The van der Waals surface area contributed by atoms with Crippen molar-refractivity contribution in [2.75, 3.05) is 13.1 Å². The van der Waals surface area contributed by atoms with Gasteiger partial charge in [-0.25, -0.2) is 0 Å². The summed E-state index contributed by atoms with van der Waals surface area (Å²) in [6.07, 6.45) is 5.32. The third-order valence-corrected chi connectivity index (χ3v) is 7.79. The molecule has 1 aliphatic heterocycles. The molecular weight excluding hydrogens is 436 g/mol. The predicted octanol–water partition coefficient (Wildman–Crippen LogP) is 3.42. The summed E-state index contributed by atoms with van der Waals surface area (Å²) in [7, 11) is 0. The third kappa shape index (κ3) is 6.71. The summed E-state index contributed by atoms with van der Waals surface area (Å²) >= 11 is 0. The first-order valence-corrected chi connectivity index (χ1v) is 13.1. The Morgan fingerprint density at radius 2 is 1.71 bits per heavy atom. The van der Waals surface area contributed by atoms with Crippen LogP contribution in [0.5, 0.6) is 0 Å². The fraction of sp³-hybridized carbons (Fsp3) is 0.517. The molecule has 1 heterocycles. The van der Waals surface area contributed by atoms with Crippen molar-refractivity contribution >= 4 is 11.8 Å². The van der Waals surface area contributed by atoms with Crippen LogP contribution in [0, 0.1) is 6.92 Å². The first-order chi connectivity index (χ1) is 16.9. The van der Waals surface area contributed by atoms with E-state index in [1.54, 1.807) is 11.8 Å². The van der Waals surface area contributed by atoms with Gasteiger partial charge in [0.15, 0.2) is 0 Å². The van der Waals surface area contributed by atoms with Gasteiger partial charge >= 0.3 is 0 Å². The number of likely N-dealkylation sites (tertiary alicyclic amines) is 1. The van der Waals surface area contributed by atoms with Crippen molar-refractivity contribution in [1.82, 2.24) is 15.1 Å². The van der Waals surface area contributed by atoms with Crippen LogP contribution in [0.1, 0.15) is 55.7 Å². The van der Waals surface area contributed by atoms with Crippen molar-refractivity contribution < 1.29 is 9.59 Å². The van der Waals surface area contributed by atoms with E-state index in [0.717, 1.165) is 45.2 Å². The van der Waals surface area contributed by atoms with Gasteiger partial charge < -0.3 is 16.0 Å². The van der Waals surface area contributed by atoms with Crippen molar-refractivity contribution in [3.63, 3.8) is 0 Å². The normalized spacial score (nSPS) is 24.5. The minimum Gasteiger partial charge on any atom is -0.352 e. The minimum absolute atomic E-state index is 0.0120. The third-order valence-electron chi connectivity index (χ3n) is 7.79. The molecule has 1 saturated carbocycles. The van der Waals surface area contributed by atoms with E-state index in [9.17, 15) is 9.59 Å². The highest BCUT2D eigenvalue weighted by atomic mass is 16.2. The van der Waals surface area contributed by atoms with Gasteiger partial charge in [0.25, 0.3) is 0 Å². The lowest BCUT2D eigenvalue weighted by atomic mass is 9.91. The molecule has 0 bridgehead atoms. The smallest absolute Gasteiger partial charge is 0.243 e. The highest BCUT2D eigenvalue weighted by molar-refractivity contribution is 5.87. The zero-order valence-corrected chi connectivity index (χ0v) is 21.2. The van der Waals surface area contributed by atoms with E-state index < -0.39 is 6.04 Å². The molecule has 3 N–H and O–H groups in total. The Balaban J connectivity index is 1.48. The summed E-state index contributed by atoms with van der Waals surface area (Å²) in [5, 5.41) is 3.24. The lowest BCUT2D eigenvalue weighted by Gasteiger charge is -2.29. The highest BCUT2D eigenvalue weighted by Gasteiger charge is 2.41. The molecule has 2 atom stereocenters. The molecule has 1 aliphatic carbocycles. The van der Waals surface area contributed by atoms with Crippen LogP contribution in [0.3, 0.4) is 0 Å². The van der Waals surface area contributed by atoms with Crippen LogP contribution in [-0.4, -0.2) is 58.9 Å². The number of aryl methyl sites for hydroxylation is 1. The van der Waals surface area contributed by atoms with Crippen LogP contribution >= 0.6 is 0 Å². The fourth-order valence-electron chi connectivity index (χ4n) is 5.55. The van der Waals surface area contributed by atoms with Gasteiger partial charge in [-0.3, -0.25) is 14.5 Å². The summed E-state index contributed by atoms with van der Waals surface area (Å²) in [5.41, 5.74) is 9.90. The van der Waals surface area contributed by atoms with Crippen molar-refractivity contribution in [3.8, 4) is 0 Å². The zero-order chi connectivity index (χ0) is 24.8. The number of nitrogens with zero attached hydrogens (tertiary/aromatic N) is 2. The number of rotatable bonds is 8. The Labute approximate surface area is 209 Å². The second kappa shape index (κ2) is 11.8. The van der Waals surface area contributed by atoms with Crippen LogP contribution in [0.2, 0.25) is 0 Å². The number of amides is 2. The van der Waals surface area contributed by atoms with Crippen LogP contribution < -0.4 is 11.1 Å². The predicted molar refractivity (Wildman–Crippen MR) is 140 cm³/mol. The molecule has 2 amide bonds. The number of carbonyl (C=O) groups is 2. The number of nitrogens with two attached hydrogens (primary N) is 1. The maximum atomic E-state index is 13.3. The van der Waals surface area contributed by atoms with Crippen LogP contribution in [-0.2, 0) is 22.6 Å². The SMILES string of the molecule is CC(=O)N1CC(N(CCc2ccccc2)Cc2ccccc2C)CC1C(=O)NC1CCC(N)CC1. The second-order valence-electron chi connectivity index (χ2n) is 10.3. The Hall–Kier alpha value is -2.70. The van der Waals surface area contributed by atoms with E-state index in [1.165, 1.54) is 16.7 Å². The molecule has 0 spiro atoms. The molecule has 6 nitrogen and oxygen atoms in total. The highest BCUT2D eigenvalue weighted by Crippen LogP contribution is 2.26. The van der Waals surface area contributed by atoms with E-state index >= 15 is 0 Å². The second-order valence-corrected chi connectivity index (χ2v) is 10.3. The number of hydrogen-bond donors (Lipinski definition) is 2. The lowest BCUT2D eigenvalue weighted by Crippen LogP contribution is -2.49. The van der Waals surface area contributed by atoms with E-state index in [-0.39, 0.29) is 29.9 Å². The van der Waals surface area contributed by atoms with Crippen molar-refractivity contribution in [2.24, 2.45) is 5.73 Å². The molecule has 4 rings (SSSR count). The summed E-state index contributed by atoms with van der Waals surface area (Å²) in [4.78, 5) is 30.1. The number of hydrogen-bond acceptors (Lipinski definition) is 4. The standard InChI is InChI=1S/C29H40N4O2/c1-21-8-6-7-11-24(21)19-32(17-16-23-9-4-3-5-10-23)27-18-28(33(20-27)22(2)34)29(35)31-26-14-12-25(30)13-15-26/h3-11,25-28H,12-20,30H2,1-2H3,(H,31,35). The van der Waals surface area contributed by atoms with Crippen LogP contribution in [0.15, 0.2) is 54.6 Å². The molecule has 2 aromatic rings. The molecule has 0 radical (unpaired) electrons. The fourth-order valence-corrected chi connectivity index (χ4v) is 5.55. The zero-order valence-electron chi connectivity index (χ0n) is 21.2. The van der Waals surface area contributed by atoms with Gasteiger partial charge in [0.2, 0.25) is 11.8 Å². The van der Waals surface area contributed by atoms with E-state index in [4.69, 9.17) is 5.73 Å². The monoisotopic (exact) mass is 476 g/mol. The molecule has 0 aromatic heterocycles. The van der Waals surface area contributed by atoms with E-state index in [1.807, 2.05) is 6.07 Å². The molecule has 2 unspecified atom stereocenters. The van der Waals surface area contributed by atoms with Gasteiger partial charge in [-0.05, 0) is 62.1 Å². The van der Waals surface area contributed by atoms with Gasteiger partial charge in [-0.1, -0.05) is 54.6 Å². The summed E-state index contributed by atoms with van der Waals surface area (Å²) in [6, 6.07) is 19.1. The van der Waals surface area contributed by atoms with Gasteiger partial charge in [0, 0.05) is 44.7 Å². The van der Waals surface area contributed by atoms with Gasteiger partial charge in [-0.2, -0.15) is 0 Å². The van der Waals surface area contributed by atoms with Crippen molar-refractivity contribution in [2.45, 2.75) is 83.1 Å². The minimum atomic E-state index is -0.413. The topological polar surface area (TPSA) is 78.7 Å². The Morgan fingerprint density at radius 3 is 2.40 bits per heavy atom. The maximum Gasteiger partial charge on any atom is 0.243 e. The molecular formula is C29H40N4O2.